The van der Waals surface area contributed by atoms with Crippen molar-refractivity contribution in [2.24, 2.45) is 0 Å². The zero-order valence-electron chi connectivity index (χ0n) is 13.9. The predicted molar refractivity (Wildman–Crippen MR) is 105 cm³/mol. The summed E-state index contributed by atoms with van der Waals surface area (Å²) in [4.78, 5) is 5.03. The average Bonchev–Trinajstić information content (AvgIpc) is 3.01. The Morgan fingerprint density at radius 1 is 0.885 bits per heavy atom. The van der Waals surface area contributed by atoms with Gasteiger partial charge in [0.2, 0.25) is 0 Å². The number of para-hydroxylation sites is 3. The molecule has 4 rings (SSSR count). The van der Waals surface area contributed by atoms with Crippen LogP contribution < -0.4 is 0 Å². The molecule has 0 amide bonds. The highest BCUT2D eigenvalue weighted by atomic mass is 35.5. The number of fused-ring (bicyclic) bond motifs is 1. The van der Waals surface area contributed by atoms with E-state index in [2.05, 4.69) is 0 Å². The number of benzene rings is 3. The van der Waals surface area contributed by atoms with Crippen molar-refractivity contribution in [3.63, 3.8) is 0 Å². The fraction of sp³-hybridized carbons (Fsp3) is 0.0500. The number of aromatic nitrogens is 2. The van der Waals surface area contributed by atoms with Gasteiger partial charge in [-0.05, 0) is 48.5 Å². The minimum atomic E-state index is -3.24. The summed E-state index contributed by atoms with van der Waals surface area (Å²) in [5, 5.41) is 0.615. The molecule has 0 radical (unpaired) electrons. The van der Waals surface area contributed by atoms with Crippen molar-refractivity contribution in [3.05, 3.63) is 77.8 Å². The first kappa shape index (κ1) is 16.8. The maximum absolute atomic E-state index is 11.7. The van der Waals surface area contributed by atoms with Gasteiger partial charge in [-0.3, -0.25) is 4.57 Å². The Morgan fingerprint density at radius 3 is 2.23 bits per heavy atom. The monoisotopic (exact) mass is 382 g/mol. The summed E-state index contributed by atoms with van der Waals surface area (Å²) in [6.45, 7) is 0. The van der Waals surface area contributed by atoms with Gasteiger partial charge < -0.3 is 0 Å². The highest BCUT2D eigenvalue weighted by Crippen LogP contribution is 2.32. The number of hydrogen-bond donors (Lipinski definition) is 0. The van der Waals surface area contributed by atoms with Gasteiger partial charge in [0.05, 0.1) is 26.6 Å². The Morgan fingerprint density at radius 2 is 1.54 bits per heavy atom. The Hall–Kier alpha value is -2.63. The van der Waals surface area contributed by atoms with Gasteiger partial charge in [0.25, 0.3) is 0 Å². The molecule has 0 bridgehead atoms. The van der Waals surface area contributed by atoms with Crippen LogP contribution in [0.25, 0.3) is 28.1 Å². The molecule has 0 fully saturated rings. The molecule has 0 unspecified atom stereocenters. The van der Waals surface area contributed by atoms with Gasteiger partial charge in [-0.15, -0.1) is 0 Å². The van der Waals surface area contributed by atoms with Crippen molar-refractivity contribution in [1.29, 1.82) is 0 Å². The molecule has 0 aliphatic heterocycles. The molecule has 1 heterocycles. The molecule has 0 N–H and O–H groups in total. The summed E-state index contributed by atoms with van der Waals surface area (Å²) in [6.07, 6.45) is 1.20. The van der Waals surface area contributed by atoms with Crippen LogP contribution in [0, 0.1) is 0 Å². The van der Waals surface area contributed by atoms with Crippen LogP contribution in [-0.4, -0.2) is 24.2 Å². The maximum Gasteiger partial charge on any atom is 0.175 e. The van der Waals surface area contributed by atoms with Gasteiger partial charge >= 0.3 is 0 Å². The Labute approximate surface area is 156 Å². The van der Waals surface area contributed by atoms with Crippen LogP contribution >= 0.6 is 11.6 Å². The van der Waals surface area contributed by atoms with Crippen molar-refractivity contribution in [1.82, 2.24) is 9.55 Å². The predicted octanol–water partition coefficient (Wildman–Crippen LogP) is 4.75. The van der Waals surface area contributed by atoms with Crippen LogP contribution in [-0.2, 0) is 9.84 Å². The number of rotatable bonds is 3. The SMILES string of the molecule is CS(=O)(=O)c1ccc(-c2nc3ccccc3n2-c2ccccc2Cl)cc1. The molecule has 26 heavy (non-hydrogen) atoms. The summed E-state index contributed by atoms with van der Waals surface area (Å²) < 4.78 is 25.4. The van der Waals surface area contributed by atoms with Crippen LogP contribution in [0.1, 0.15) is 0 Å². The van der Waals surface area contributed by atoms with Crippen molar-refractivity contribution in [3.8, 4) is 17.1 Å². The largest absolute Gasteiger partial charge is 0.291 e. The maximum atomic E-state index is 11.7. The molecule has 1 aromatic heterocycles. The van der Waals surface area contributed by atoms with Gasteiger partial charge in [0.1, 0.15) is 5.82 Å². The lowest BCUT2D eigenvalue weighted by molar-refractivity contribution is 0.602. The molecule has 130 valence electrons. The minimum absolute atomic E-state index is 0.279. The molecule has 0 atom stereocenters. The number of hydrogen-bond acceptors (Lipinski definition) is 3. The minimum Gasteiger partial charge on any atom is -0.291 e. The molecule has 0 saturated heterocycles. The average molecular weight is 383 g/mol. The van der Waals surface area contributed by atoms with Crippen LogP contribution in [0.3, 0.4) is 0 Å². The van der Waals surface area contributed by atoms with E-state index in [0.717, 1.165) is 22.3 Å². The van der Waals surface area contributed by atoms with E-state index in [4.69, 9.17) is 16.6 Å². The van der Waals surface area contributed by atoms with E-state index in [-0.39, 0.29) is 4.90 Å². The zero-order chi connectivity index (χ0) is 18.3. The molecule has 3 aromatic carbocycles. The fourth-order valence-corrected chi connectivity index (χ4v) is 3.80. The first-order valence-electron chi connectivity index (χ1n) is 7.98. The lowest BCUT2D eigenvalue weighted by Crippen LogP contribution is -2.00. The number of sulfone groups is 1. The van der Waals surface area contributed by atoms with Crippen LogP contribution in [0.4, 0.5) is 0 Å². The molecule has 4 nitrogen and oxygen atoms in total. The Kier molecular flexibility index (Phi) is 4.05. The summed E-state index contributed by atoms with van der Waals surface area (Å²) in [6, 6.07) is 22.1. The second kappa shape index (κ2) is 6.27. The van der Waals surface area contributed by atoms with Crippen LogP contribution in [0.5, 0.6) is 0 Å². The van der Waals surface area contributed by atoms with Gasteiger partial charge in [0.15, 0.2) is 9.84 Å². The number of nitrogens with zero attached hydrogens (tertiary/aromatic N) is 2. The van der Waals surface area contributed by atoms with Crippen molar-refractivity contribution >= 4 is 32.5 Å². The zero-order valence-corrected chi connectivity index (χ0v) is 15.5. The normalized spacial score (nSPS) is 11.8. The van der Waals surface area contributed by atoms with Crippen LogP contribution in [0.2, 0.25) is 5.02 Å². The third-order valence-corrected chi connectivity index (χ3v) is 5.64. The van der Waals surface area contributed by atoms with Gasteiger partial charge in [-0.2, -0.15) is 0 Å². The molecule has 6 heteroatoms. The molecule has 0 saturated carbocycles. The summed E-state index contributed by atoms with van der Waals surface area (Å²) in [7, 11) is -3.24. The summed E-state index contributed by atoms with van der Waals surface area (Å²) >= 11 is 6.43. The summed E-state index contributed by atoms with van der Waals surface area (Å²) in [5.74, 6) is 0.708. The first-order chi connectivity index (χ1) is 12.4. The third kappa shape index (κ3) is 2.89. The smallest absolute Gasteiger partial charge is 0.175 e. The van der Waals surface area contributed by atoms with Crippen molar-refractivity contribution in [2.45, 2.75) is 4.90 Å². The topological polar surface area (TPSA) is 52.0 Å². The molecule has 0 aliphatic carbocycles. The second-order valence-electron chi connectivity index (χ2n) is 6.01. The second-order valence-corrected chi connectivity index (χ2v) is 8.43. The lowest BCUT2D eigenvalue weighted by atomic mass is 10.2. The standard InChI is InChI=1S/C20H15ClN2O2S/c1-26(24,25)15-12-10-14(11-13-15)20-22-17-7-3-5-9-19(17)23(20)18-8-4-2-6-16(18)21/h2-13H,1H3. The molecular formula is C20H15ClN2O2S. The van der Waals surface area contributed by atoms with E-state index < -0.39 is 9.84 Å². The lowest BCUT2D eigenvalue weighted by Gasteiger charge is -2.11. The third-order valence-electron chi connectivity index (χ3n) is 4.19. The van der Waals surface area contributed by atoms with Crippen LogP contribution in [0.15, 0.2) is 77.7 Å². The van der Waals surface area contributed by atoms with E-state index in [1.807, 2.05) is 53.1 Å². The van der Waals surface area contributed by atoms with E-state index in [0.29, 0.717) is 10.8 Å². The highest BCUT2D eigenvalue weighted by molar-refractivity contribution is 7.90. The quantitative estimate of drug-likeness (QED) is 0.513. The van der Waals surface area contributed by atoms with Crippen molar-refractivity contribution < 1.29 is 8.42 Å². The Bertz CT molecular complexity index is 1210. The van der Waals surface area contributed by atoms with Gasteiger partial charge in [0, 0.05) is 11.8 Å². The van der Waals surface area contributed by atoms with Gasteiger partial charge in [-0.1, -0.05) is 35.9 Å². The number of imidazole rings is 1. The highest BCUT2D eigenvalue weighted by Gasteiger charge is 2.16. The molecule has 0 spiro atoms. The Balaban J connectivity index is 1.99. The molecule has 0 aliphatic rings. The van der Waals surface area contributed by atoms with E-state index >= 15 is 0 Å². The molecule has 4 aromatic rings. The van der Waals surface area contributed by atoms with E-state index in [1.54, 1.807) is 24.3 Å². The summed E-state index contributed by atoms with van der Waals surface area (Å²) in [5.41, 5.74) is 3.41. The first-order valence-corrected chi connectivity index (χ1v) is 10.2. The van der Waals surface area contributed by atoms with E-state index in [9.17, 15) is 8.42 Å². The molecular weight excluding hydrogens is 368 g/mol. The fourth-order valence-electron chi connectivity index (χ4n) is 2.95. The number of halogens is 1. The van der Waals surface area contributed by atoms with E-state index in [1.165, 1.54) is 6.26 Å². The van der Waals surface area contributed by atoms with Crippen molar-refractivity contribution in [2.75, 3.05) is 6.26 Å². The van der Waals surface area contributed by atoms with Gasteiger partial charge in [-0.25, -0.2) is 13.4 Å².